The highest BCUT2D eigenvalue weighted by molar-refractivity contribution is 5.54. The number of hydrogen-bond donors (Lipinski definition) is 0. The molecule has 0 amide bonds. The molecule has 0 saturated carbocycles. The smallest absolute Gasteiger partial charge is 0.360 e. The minimum Gasteiger partial charge on any atom is -0.432 e. The van der Waals surface area contributed by atoms with Gasteiger partial charge in [-0.15, -0.1) is 0 Å². The highest BCUT2D eigenvalue weighted by Gasteiger charge is 2.35. The molecule has 0 aromatic heterocycles. The molecular formula is C39H64O3. The van der Waals surface area contributed by atoms with Crippen LogP contribution in [0.2, 0.25) is 0 Å². The van der Waals surface area contributed by atoms with Crippen LogP contribution in [0.4, 0.5) is 0 Å². The predicted molar refractivity (Wildman–Crippen MR) is 182 cm³/mol. The quantitative estimate of drug-likeness (QED) is 0.318. The van der Waals surface area contributed by atoms with Gasteiger partial charge in [-0.25, -0.2) is 0 Å². The van der Waals surface area contributed by atoms with E-state index in [1.807, 2.05) is 6.92 Å². The van der Waals surface area contributed by atoms with E-state index in [1.165, 1.54) is 33.4 Å². The van der Waals surface area contributed by atoms with Crippen LogP contribution in [-0.2, 0) is 37.2 Å². The molecule has 0 aliphatic rings. The van der Waals surface area contributed by atoms with Crippen molar-refractivity contribution in [2.75, 3.05) is 6.61 Å². The number of rotatable bonds is 6. The summed E-state index contributed by atoms with van der Waals surface area (Å²) >= 11 is 0. The first-order valence-electron chi connectivity index (χ1n) is 15.9. The third-order valence-corrected chi connectivity index (χ3v) is 7.87. The molecule has 0 unspecified atom stereocenters. The van der Waals surface area contributed by atoms with Crippen LogP contribution in [-0.4, -0.2) is 13.1 Å². The van der Waals surface area contributed by atoms with E-state index in [2.05, 4.69) is 149 Å². The van der Waals surface area contributed by atoms with E-state index >= 15 is 0 Å². The molecule has 2 aromatic carbocycles. The highest BCUT2D eigenvalue weighted by atomic mass is 16.8. The van der Waals surface area contributed by atoms with Gasteiger partial charge in [0, 0.05) is 22.3 Å². The van der Waals surface area contributed by atoms with Crippen molar-refractivity contribution in [1.29, 1.82) is 0 Å². The second-order valence-corrected chi connectivity index (χ2v) is 18.3. The Labute approximate surface area is 260 Å². The molecule has 3 nitrogen and oxygen atoms in total. The van der Waals surface area contributed by atoms with Crippen molar-refractivity contribution in [2.24, 2.45) is 0 Å². The first-order valence-corrected chi connectivity index (χ1v) is 15.9. The summed E-state index contributed by atoms with van der Waals surface area (Å²) < 4.78 is 20.1. The van der Waals surface area contributed by atoms with Crippen LogP contribution in [0.5, 0.6) is 11.5 Å². The third-order valence-electron chi connectivity index (χ3n) is 7.87. The summed E-state index contributed by atoms with van der Waals surface area (Å²) in [6, 6.07) is 9.31. The maximum atomic E-state index is 6.93. The first-order chi connectivity index (χ1) is 18.6. The summed E-state index contributed by atoms with van der Waals surface area (Å²) in [5.41, 5.74) is 6.73. The van der Waals surface area contributed by atoms with Gasteiger partial charge in [-0.1, -0.05) is 149 Å². The normalized spacial score (nSPS) is 14.0. The van der Waals surface area contributed by atoms with Crippen molar-refractivity contribution >= 4 is 0 Å². The van der Waals surface area contributed by atoms with E-state index in [9.17, 15) is 0 Å². The van der Waals surface area contributed by atoms with Crippen LogP contribution in [0.1, 0.15) is 165 Å². The Bertz CT molecular complexity index is 1060. The van der Waals surface area contributed by atoms with Gasteiger partial charge in [0.15, 0.2) is 0 Å². The van der Waals surface area contributed by atoms with Crippen molar-refractivity contribution in [3.05, 3.63) is 57.6 Å². The van der Waals surface area contributed by atoms with Gasteiger partial charge in [0.05, 0.1) is 6.61 Å². The van der Waals surface area contributed by atoms with Crippen LogP contribution in [0, 0.1) is 0 Å². The maximum Gasteiger partial charge on any atom is 0.360 e. The van der Waals surface area contributed by atoms with Crippen molar-refractivity contribution in [1.82, 2.24) is 0 Å². The molecule has 238 valence electrons. The Morgan fingerprint density at radius 3 is 0.833 bits per heavy atom. The summed E-state index contributed by atoms with van der Waals surface area (Å²) in [4.78, 5) is 0. The first kappa shape index (κ1) is 36.2. The van der Waals surface area contributed by atoms with Gasteiger partial charge in [-0.3, -0.25) is 0 Å². The average molecular weight is 581 g/mol. The molecule has 0 saturated heterocycles. The molecule has 2 aromatic rings. The Kier molecular flexibility index (Phi) is 10.2. The molecular weight excluding hydrogens is 516 g/mol. The second-order valence-electron chi connectivity index (χ2n) is 18.3. The molecule has 0 fully saturated rings. The molecule has 3 heteroatoms. The van der Waals surface area contributed by atoms with Crippen molar-refractivity contribution < 1.29 is 14.2 Å². The van der Waals surface area contributed by atoms with Crippen LogP contribution >= 0.6 is 0 Å². The number of benzene rings is 2. The second kappa shape index (κ2) is 11.8. The molecule has 0 bridgehead atoms. The third kappa shape index (κ3) is 8.77. The maximum absolute atomic E-state index is 6.93. The van der Waals surface area contributed by atoms with Gasteiger partial charge in [-0.05, 0) is 50.5 Å². The molecule has 0 N–H and O–H groups in total. The standard InChI is InChI=1S/C39H64O3/c1-20-40-33(41-31-27(36(8,9)10)21-25(34(2,3)4)22-28(31)37(11,12)13)42-32-29(38(14,15)16)23-26(35(5,6)7)24-30(32)39(17,18)19/h21-24,33H,20H2,1-19H3. The minimum absolute atomic E-state index is 0.00632. The van der Waals surface area contributed by atoms with Crippen LogP contribution in [0.25, 0.3) is 0 Å². The predicted octanol–water partition coefficient (Wildman–Crippen LogP) is 11.2. The monoisotopic (exact) mass is 580 g/mol. The molecule has 0 aliphatic carbocycles. The molecule has 0 heterocycles. The zero-order valence-electron chi connectivity index (χ0n) is 30.8. The van der Waals surface area contributed by atoms with Crippen molar-refractivity contribution in [3.63, 3.8) is 0 Å². The van der Waals surface area contributed by atoms with Crippen LogP contribution in [0.3, 0.4) is 0 Å². The molecule has 0 atom stereocenters. The van der Waals surface area contributed by atoms with Gasteiger partial charge in [0.1, 0.15) is 11.5 Å². The molecule has 0 radical (unpaired) electrons. The lowest BCUT2D eigenvalue weighted by molar-refractivity contribution is -0.197. The lowest BCUT2D eigenvalue weighted by atomic mass is 9.74. The lowest BCUT2D eigenvalue weighted by Crippen LogP contribution is -2.33. The minimum atomic E-state index is -0.902. The fraction of sp³-hybridized carbons (Fsp3) is 0.692. The van der Waals surface area contributed by atoms with Gasteiger partial charge in [0.25, 0.3) is 0 Å². The van der Waals surface area contributed by atoms with E-state index in [1.54, 1.807) is 0 Å². The van der Waals surface area contributed by atoms with Crippen molar-refractivity contribution in [2.45, 2.75) is 171 Å². The van der Waals surface area contributed by atoms with E-state index < -0.39 is 6.48 Å². The van der Waals surface area contributed by atoms with Crippen LogP contribution < -0.4 is 9.47 Å². The van der Waals surface area contributed by atoms with E-state index in [4.69, 9.17) is 14.2 Å². The highest BCUT2D eigenvalue weighted by Crippen LogP contribution is 2.46. The number of hydrogen-bond acceptors (Lipinski definition) is 3. The van der Waals surface area contributed by atoms with E-state index in [0.29, 0.717) is 6.61 Å². The van der Waals surface area contributed by atoms with Gasteiger partial charge in [-0.2, -0.15) is 0 Å². The fourth-order valence-corrected chi connectivity index (χ4v) is 5.03. The zero-order valence-corrected chi connectivity index (χ0v) is 30.8. The SMILES string of the molecule is CCOC(Oc1c(C(C)(C)C)cc(C(C)(C)C)cc1C(C)(C)C)Oc1c(C(C)(C)C)cc(C(C)(C)C)cc1C(C)(C)C. The Morgan fingerprint density at radius 1 is 0.429 bits per heavy atom. The van der Waals surface area contributed by atoms with Gasteiger partial charge < -0.3 is 14.2 Å². The molecule has 0 spiro atoms. The summed E-state index contributed by atoms with van der Waals surface area (Å²) in [6.45, 7) is 42.3. The average Bonchev–Trinajstić information content (AvgIpc) is 2.74. The zero-order chi connectivity index (χ0) is 32.9. The fourth-order valence-electron chi connectivity index (χ4n) is 5.03. The molecule has 0 aliphatic heterocycles. The topological polar surface area (TPSA) is 27.7 Å². The molecule has 2 rings (SSSR count). The Hall–Kier alpha value is -2.00. The number of ether oxygens (including phenoxy) is 3. The van der Waals surface area contributed by atoms with E-state index in [-0.39, 0.29) is 32.5 Å². The summed E-state index contributed by atoms with van der Waals surface area (Å²) in [5, 5.41) is 0. The van der Waals surface area contributed by atoms with E-state index in [0.717, 1.165) is 11.5 Å². The van der Waals surface area contributed by atoms with Crippen molar-refractivity contribution in [3.8, 4) is 11.5 Å². The largest absolute Gasteiger partial charge is 0.432 e. The summed E-state index contributed by atoms with van der Waals surface area (Å²) in [7, 11) is 0. The van der Waals surface area contributed by atoms with Gasteiger partial charge in [0.2, 0.25) is 0 Å². The lowest BCUT2D eigenvalue weighted by Gasteiger charge is -2.36. The Balaban J connectivity index is 2.90. The molecule has 42 heavy (non-hydrogen) atoms. The van der Waals surface area contributed by atoms with Gasteiger partial charge >= 0.3 is 6.48 Å². The Morgan fingerprint density at radius 2 is 0.667 bits per heavy atom. The van der Waals surface area contributed by atoms with Crippen LogP contribution in [0.15, 0.2) is 24.3 Å². The summed E-state index contributed by atoms with van der Waals surface area (Å²) in [6.07, 6.45) is 0. The summed E-state index contributed by atoms with van der Waals surface area (Å²) in [5.74, 6) is 1.73.